The number of allylic oxidation sites excluding steroid dienone is 1. The predicted octanol–water partition coefficient (Wildman–Crippen LogP) is 3.10. The van der Waals surface area contributed by atoms with E-state index in [4.69, 9.17) is 4.74 Å². The Morgan fingerprint density at radius 2 is 1.97 bits per heavy atom. The fourth-order valence-electron chi connectivity index (χ4n) is 4.09. The number of rotatable bonds is 4. The molecule has 1 aromatic carbocycles. The molecule has 8 heteroatoms. The van der Waals surface area contributed by atoms with Gasteiger partial charge in [-0.05, 0) is 56.0 Å². The zero-order valence-corrected chi connectivity index (χ0v) is 17.3. The summed E-state index contributed by atoms with van der Waals surface area (Å²) in [6.07, 6.45) is 1.20. The highest BCUT2D eigenvalue weighted by Gasteiger charge is 2.35. The number of aromatic nitrogens is 1. The van der Waals surface area contributed by atoms with Gasteiger partial charge in [-0.2, -0.15) is 0 Å². The summed E-state index contributed by atoms with van der Waals surface area (Å²) in [6, 6.07) is 4.71. The molecule has 0 unspecified atom stereocenters. The van der Waals surface area contributed by atoms with Crippen molar-refractivity contribution in [3.05, 3.63) is 46.3 Å². The highest BCUT2D eigenvalue weighted by Crippen LogP contribution is 2.44. The first-order valence-corrected chi connectivity index (χ1v) is 11.2. The van der Waals surface area contributed by atoms with Crippen LogP contribution in [0.25, 0.3) is 11.1 Å². The van der Waals surface area contributed by atoms with Gasteiger partial charge in [-0.25, -0.2) is 13.2 Å². The summed E-state index contributed by atoms with van der Waals surface area (Å²) in [7, 11) is -3.40. The van der Waals surface area contributed by atoms with Crippen LogP contribution in [0.3, 0.4) is 0 Å². The number of aryl methyl sites for hydroxylation is 1. The van der Waals surface area contributed by atoms with E-state index in [1.54, 1.807) is 32.9 Å². The summed E-state index contributed by atoms with van der Waals surface area (Å²) < 4.78 is 29.8. The average molecular weight is 414 g/mol. The number of anilines is 1. The molecule has 2 aliphatic rings. The van der Waals surface area contributed by atoms with Gasteiger partial charge in [0.05, 0.1) is 28.4 Å². The first kappa shape index (κ1) is 19.4. The number of nitrogens with one attached hydrogen (secondary N) is 2. The minimum atomic E-state index is -3.40. The third kappa shape index (κ3) is 2.98. The number of ether oxygens (including phenoxy) is 1. The van der Waals surface area contributed by atoms with E-state index in [1.807, 2.05) is 0 Å². The van der Waals surface area contributed by atoms with E-state index in [-0.39, 0.29) is 29.1 Å². The lowest BCUT2D eigenvalue weighted by atomic mass is 9.99. The van der Waals surface area contributed by atoms with Gasteiger partial charge in [0.25, 0.3) is 5.91 Å². The number of hydrogen-bond acceptors (Lipinski definition) is 5. The number of carbonyl (C=O) groups is 2. The lowest BCUT2D eigenvalue weighted by Gasteiger charge is -2.07. The molecule has 1 aliphatic carbocycles. The third-order valence-corrected chi connectivity index (χ3v) is 7.21. The molecule has 0 spiro atoms. The first-order valence-electron chi connectivity index (χ1n) is 9.59. The fourth-order valence-corrected chi connectivity index (χ4v) is 5.00. The number of fused-ring (bicyclic) bond motifs is 2. The van der Waals surface area contributed by atoms with Crippen molar-refractivity contribution < 1.29 is 22.7 Å². The number of amides is 1. The first-order chi connectivity index (χ1) is 13.8. The second-order valence-electron chi connectivity index (χ2n) is 7.12. The number of esters is 1. The molecule has 1 aliphatic heterocycles. The van der Waals surface area contributed by atoms with Gasteiger partial charge in [0.1, 0.15) is 0 Å². The molecule has 0 bridgehead atoms. The van der Waals surface area contributed by atoms with Crippen LogP contribution < -0.4 is 5.32 Å². The molecule has 4 rings (SSSR count). The molecule has 29 heavy (non-hydrogen) atoms. The number of carbonyl (C=O) groups excluding carboxylic acids is 2. The molecular weight excluding hydrogens is 392 g/mol. The van der Waals surface area contributed by atoms with Crippen LogP contribution in [0.4, 0.5) is 5.69 Å². The molecule has 152 valence electrons. The summed E-state index contributed by atoms with van der Waals surface area (Å²) in [5.41, 5.74) is 5.26. The molecule has 0 fully saturated rings. The van der Waals surface area contributed by atoms with Crippen molar-refractivity contribution in [3.63, 3.8) is 0 Å². The van der Waals surface area contributed by atoms with Gasteiger partial charge in [0.15, 0.2) is 9.84 Å². The van der Waals surface area contributed by atoms with Gasteiger partial charge >= 0.3 is 5.97 Å². The van der Waals surface area contributed by atoms with Crippen molar-refractivity contribution in [1.82, 2.24) is 4.98 Å². The molecule has 1 aromatic heterocycles. The number of hydrogen-bond donors (Lipinski definition) is 2. The van der Waals surface area contributed by atoms with Crippen LogP contribution in [0.1, 0.15) is 53.1 Å². The van der Waals surface area contributed by atoms with Crippen molar-refractivity contribution >= 4 is 38.5 Å². The average Bonchev–Trinajstić information content (AvgIpc) is 3.31. The Morgan fingerprint density at radius 1 is 1.21 bits per heavy atom. The predicted molar refractivity (Wildman–Crippen MR) is 109 cm³/mol. The standard InChI is InChI=1S/C21H22N2O5S/c1-4-28-21(25)17-11(3)22-19-13(17)7-8-14(19)18-15-10-12(29(26,27)5-2)6-9-16(15)23-20(18)24/h6,9-10,22H,4-5,7-8H2,1-3H3,(H,23,24). The summed E-state index contributed by atoms with van der Waals surface area (Å²) in [4.78, 5) is 28.6. The highest BCUT2D eigenvalue weighted by molar-refractivity contribution is 7.91. The van der Waals surface area contributed by atoms with Gasteiger partial charge in [-0.3, -0.25) is 4.79 Å². The summed E-state index contributed by atoms with van der Waals surface area (Å²) >= 11 is 0. The lowest BCUT2D eigenvalue weighted by molar-refractivity contribution is -0.110. The van der Waals surface area contributed by atoms with Crippen LogP contribution in [0.15, 0.2) is 23.1 Å². The minimum absolute atomic E-state index is 0.0120. The van der Waals surface area contributed by atoms with E-state index in [1.165, 1.54) is 6.07 Å². The Labute approximate surface area is 169 Å². The topological polar surface area (TPSA) is 105 Å². The molecule has 2 heterocycles. The summed E-state index contributed by atoms with van der Waals surface area (Å²) in [5.74, 6) is -0.651. The maximum atomic E-state index is 12.8. The third-order valence-electron chi connectivity index (χ3n) is 5.47. The quantitative estimate of drug-likeness (QED) is 0.591. The van der Waals surface area contributed by atoms with E-state index in [0.717, 1.165) is 16.8 Å². The molecule has 2 N–H and O–H groups in total. The van der Waals surface area contributed by atoms with E-state index in [0.29, 0.717) is 40.9 Å². The zero-order chi connectivity index (χ0) is 20.9. The Bertz CT molecular complexity index is 1190. The maximum absolute atomic E-state index is 12.8. The smallest absolute Gasteiger partial charge is 0.340 e. The summed E-state index contributed by atoms with van der Waals surface area (Å²) in [5, 5.41) is 2.82. The Hall–Kier alpha value is -2.87. The van der Waals surface area contributed by atoms with E-state index in [2.05, 4.69) is 10.3 Å². The van der Waals surface area contributed by atoms with Crippen molar-refractivity contribution in [2.75, 3.05) is 17.7 Å². The lowest BCUT2D eigenvalue weighted by Crippen LogP contribution is -2.07. The van der Waals surface area contributed by atoms with Gasteiger partial charge in [0.2, 0.25) is 0 Å². The normalized spacial score (nSPS) is 17.8. The van der Waals surface area contributed by atoms with Crippen LogP contribution >= 0.6 is 0 Å². The van der Waals surface area contributed by atoms with E-state index >= 15 is 0 Å². The largest absolute Gasteiger partial charge is 0.462 e. The second-order valence-corrected chi connectivity index (χ2v) is 9.40. The van der Waals surface area contributed by atoms with Crippen LogP contribution in [0, 0.1) is 6.92 Å². The SMILES string of the molecule is CCOC(=O)c1c(C)[nH]c2c1CCC2=C1C(=O)Nc2ccc(S(=O)(=O)CC)cc21. The Morgan fingerprint density at radius 3 is 2.66 bits per heavy atom. The Balaban J connectivity index is 1.88. The monoisotopic (exact) mass is 414 g/mol. The maximum Gasteiger partial charge on any atom is 0.340 e. The van der Waals surface area contributed by atoms with Gasteiger partial charge in [-0.15, -0.1) is 0 Å². The molecular formula is C21H22N2O5S. The number of H-pyrrole nitrogens is 1. The van der Waals surface area contributed by atoms with Crippen LogP contribution in [0.5, 0.6) is 0 Å². The van der Waals surface area contributed by atoms with Gasteiger partial charge in [-0.1, -0.05) is 6.92 Å². The van der Waals surface area contributed by atoms with E-state index < -0.39 is 9.84 Å². The molecule has 0 saturated carbocycles. The van der Waals surface area contributed by atoms with Crippen molar-refractivity contribution in [1.29, 1.82) is 0 Å². The Kier molecular flexibility index (Phi) is 4.61. The number of benzene rings is 1. The number of sulfone groups is 1. The van der Waals surface area contributed by atoms with Crippen LogP contribution in [-0.2, 0) is 25.8 Å². The molecule has 0 atom stereocenters. The van der Waals surface area contributed by atoms with E-state index in [9.17, 15) is 18.0 Å². The molecule has 7 nitrogen and oxygen atoms in total. The minimum Gasteiger partial charge on any atom is -0.462 e. The molecule has 2 aromatic rings. The zero-order valence-electron chi connectivity index (χ0n) is 16.5. The summed E-state index contributed by atoms with van der Waals surface area (Å²) in [6.45, 7) is 5.44. The fraction of sp³-hybridized carbons (Fsp3) is 0.333. The highest BCUT2D eigenvalue weighted by atomic mass is 32.2. The second kappa shape index (κ2) is 6.88. The van der Waals surface area contributed by atoms with Gasteiger partial charge in [0, 0.05) is 22.6 Å². The molecule has 1 amide bonds. The van der Waals surface area contributed by atoms with Crippen LogP contribution in [0.2, 0.25) is 0 Å². The van der Waals surface area contributed by atoms with Crippen LogP contribution in [-0.4, -0.2) is 37.6 Å². The number of aromatic amines is 1. The van der Waals surface area contributed by atoms with Crippen molar-refractivity contribution in [2.24, 2.45) is 0 Å². The van der Waals surface area contributed by atoms with Crippen molar-refractivity contribution in [3.8, 4) is 0 Å². The van der Waals surface area contributed by atoms with Crippen molar-refractivity contribution in [2.45, 2.75) is 38.5 Å². The molecule has 0 radical (unpaired) electrons. The van der Waals surface area contributed by atoms with Gasteiger partial charge < -0.3 is 15.0 Å². The molecule has 0 saturated heterocycles.